The van der Waals surface area contributed by atoms with Crippen molar-refractivity contribution in [1.29, 1.82) is 0 Å². The molecule has 0 bridgehead atoms. The standard InChI is InChI=1S/C19H31N3O4/c1-4-13-25-17-7-5-16(6-8-17)20-19(23)26-18(15-24-3)14-22-11-9-21(2)10-12-22/h5-8,18H,4,9-15H2,1-3H3,(H,20,23)/t18-/m1/s1. The van der Waals surface area contributed by atoms with Crippen LogP contribution in [-0.2, 0) is 9.47 Å². The lowest BCUT2D eigenvalue weighted by Crippen LogP contribution is -2.48. The minimum atomic E-state index is -0.469. The molecule has 1 aliphatic heterocycles. The number of amides is 1. The van der Waals surface area contributed by atoms with E-state index < -0.39 is 6.09 Å². The second-order valence-electron chi connectivity index (χ2n) is 6.58. The first-order chi connectivity index (χ1) is 12.6. The Hall–Kier alpha value is -1.83. The summed E-state index contributed by atoms with van der Waals surface area (Å²) in [7, 11) is 3.74. The molecule has 1 aromatic rings. The van der Waals surface area contributed by atoms with Crippen LogP contribution < -0.4 is 10.1 Å². The molecule has 26 heavy (non-hydrogen) atoms. The summed E-state index contributed by atoms with van der Waals surface area (Å²) in [6, 6.07) is 7.28. The Morgan fingerprint density at radius 1 is 1.19 bits per heavy atom. The van der Waals surface area contributed by atoms with E-state index in [0.717, 1.165) is 38.3 Å². The average molecular weight is 365 g/mol. The van der Waals surface area contributed by atoms with Crippen LogP contribution in [0.25, 0.3) is 0 Å². The van der Waals surface area contributed by atoms with Gasteiger partial charge in [-0.25, -0.2) is 4.79 Å². The summed E-state index contributed by atoms with van der Waals surface area (Å²) in [5.41, 5.74) is 0.676. The van der Waals surface area contributed by atoms with Crippen molar-refractivity contribution in [3.63, 3.8) is 0 Å². The number of likely N-dealkylation sites (N-methyl/N-ethyl adjacent to an activating group) is 1. The summed E-state index contributed by atoms with van der Waals surface area (Å²) in [6.07, 6.45) is 0.194. The highest BCUT2D eigenvalue weighted by Crippen LogP contribution is 2.16. The summed E-state index contributed by atoms with van der Waals surface area (Å²) >= 11 is 0. The Labute approximate surface area is 156 Å². The number of nitrogens with one attached hydrogen (secondary N) is 1. The van der Waals surface area contributed by atoms with Crippen LogP contribution in [-0.4, -0.2) is 82.1 Å². The molecule has 1 aliphatic rings. The molecule has 0 saturated carbocycles. The number of nitrogens with zero attached hydrogens (tertiary/aromatic N) is 2. The predicted molar refractivity (Wildman–Crippen MR) is 102 cm³/mol. The van der Waals surface area contributed by atoms with Gasteiger partial charge >= 0.3 is 6.09 Å². The first-order valence-electron chi connectivity index (χ1n) is 9.21. The predicted octanol–water partition coefficient (Wildman–Crippen LogP) is 2.29. The molecule has 1 amide bonds. The summed E-state index contributed by atoms with van der Waals surface area (Å²) in [5.74, 6) is 0.790. The third-order valence-electron chi connectivity index (χ3n) is 4.26. The van der Waals surface area contributed by atoms with Crippen molar-refractivity contribution in [3.05, 3.63) is 24.3 Å². The number of anilines is 1. The number of benzene rings is 1. The van der Waals surface area contributed by atoms with Crippen LogP contribution in [0.3, 0.4) is 0 Å². The lowest BCUT2D eigenvalue weighted by molar-refractivity contribution is 0.0157. The third-order valence-corrected chi connectivity index (χ3v) is 4.26. The van der Waals surface area contributed by atoms with Crippen LogP contribution in [0.15, 0.2) is 24.3 Å². The molecule has 1 aromatic carbocycles. The van der Waals surface area contributed by atoms with Crippen molar-refractivity contribution < 1.29 is 19.0 Å². The molecule has 0 aliphatic carbocycles. The van der Waals surface area contributed by atoms with Gasteiger partial charge in [0.1, 0.15) is 11.9 Å². The van der Waals surface area contributed by atoms with Gasteiger partial charge in [-0.3, -0.25) is 10.2 Å². The van der Waals surface area contributed by atoms with Crippen molar-refractivity contribution in [1.82, 2.24) is 9.80 Å². The summed E-state index contributed by atoms with van der Waals surface area (Å²) < 4.78 is 16.3. The largest absolute Gasteiger partial charge is 0.494 e. The molecule has 146 valence electrons. The minimum absolute atomic E-state index is 0.296. The maximum absolute atomic E-state index is 12.2. The Bertz CT molecular complexity index is 530. The van der Waals surface area contributed by atoms with Gasteiger partial charge in [0.15, 0.2) is 0 Å². The first kappa shape index (κ1) is 20.5. The molecular weight excluding hydrogens is 334 g/mol. The van der Waals surface area contributed by atoms with E-state index in [0.29, 0.717) is 25.4 Å². The van der Waals surface area contributed by atoms with Gasteiger partial charge in [0.05, 0.1) is 13.2 Å². The first-order valence-corrected chi connectivity index (χ1v) is 9.21. The number of carbonyl (C=O) groups is 1. The summed E-state index contributed by atoms with van der Waals surface area (Å²) in [5, 5.41) is 2.76. The summed E-state index contributed by atoms with van der Waals surface area (Å²) in [6.45, 7) is 7.80. The van der Waals surface area contributed by atoms with E-state index in [1.807, 2.05) is 12.1 Å². The topological polar surface area (TPSA) is 63.3 Å². The van der Waals surface area contributed by atoms with Crippen molar-refractivity contribution in [3.8, 4) is 5.75 Å². The van der Waals surface area contributed by atoms with E-state index in [1.165, 1.54) is 0 Å². The van der Waals surface area contributed by atoms with Crippen molar-refractivity contribution in [2.75, 3.05) is 65.4 Å². The zero-order valence-electron chi connectivity index (χ0n) is 16.1. The van der Waals surface area contributed by atoms with Gasteiger partial charge in [-0.15, -0.1) is 0 Å². The van der Waals surface area contributed by atoms with Crippen LogP contribution in [0.5, 0.6) is 5.75 Å². The zero-order chi connectivity index (χ0) is 18.8. The molecule has 0 radical (unpaired) electrons. The van der Waals surface area contributed by atoms with Gasteiger partial charge in [0.2, 0.25) is 0 Å². The maximum atomic E-state index is 12.2. The van der Waals surface area contributed by atoms with Crippen molar-refractivity contribution in [2.45, 2.75) is 19.4 Å². The molecule has 1 fully saturated rings. The van der Waals surface area contributed by atoms with Crippen LogP contribution >= 0.6 is 0 Å². The second kappa shape index (κ2) is 11.0. The molecule has 7 nitrogen and oxygen atoms in total. The Balaban J connectivity index is 1.80. The van der Waals surface area contributed by atoms with Gasteiger partial charge in [0, 0.05) is 45.5 Å². The fourth-order valence-electron chi connectivity index (χ4n) is 2.78. The van der Waals surface area contributed by atoms with Crippen LogP contribution in [0.4, 0.5) is 10.5 Å². The highest BCUT2D eigenvalue weighted by molar-refractivity contribution is 5.84. The minimum Gasteiger partial charge on any atom is -0.494 e. The number of hydrogen-bond acceptors (Lipinski definition) is 6. The van der Waals surface area contributed by atoms with Crippen LogP contribution in [0, 0.1) is 0 Å². The average Bonchev–Trinajstić information content (AvgIpc) is 2.63. The van der Waals surface area contributed by atoms with Crippen LogP contribution in [0.2, 0.25) is 0 Å². The fourth-order valence-corrected chi connectivity index (χ4v) is 2.78. The lowest BCUT2D eigenvalue weighted by Gasteiger charge is -2.34. The van der Waals surface area contributed by atoms with Gasteiger partial charge < -0.3 is 19.1 Å². The van der Waals surface area contributed by atoms with E-state index in [4.69, 9.17) is 14.2 Å². The SMILES string of the molecule is CCCOc1ccc(NC(=O)O[C@@H](COC)CN2CCN(C)CC2)cc1. The molecule has 2 rings (SSSR count). The maximum Gasteiger partial charge on any atom is 0.412 e. The number of hydrogen-bond donors (Lipinski definition) is 1. The molecule has 7 heteroatoms. The van der Waals surface area contributed by atoms with Crippen molar-refractivity contribution in [2.24, 2.45) is 0 Å². The van der Waals surface area contributed by atoms with E-state index in [-0.39, 0.29) is 6.10 Å². The molecule has 0 aromatic heterocycles. The van der Waals surface area contributed by atoms with E-state index in [9.17, 15) is 4.79 Å². The number of carbonyl (C=O) groups excluding carboxylic acids is 1. The molecule has 1 heterocycles. The lowest BCUT2D eigenvalue weighted by atomic mass is 10.2. The normalized spacial score (nSPS) is 16.9. The Morgan fingerprint density at radius 2 is 1.88 bits per heavy atom. The Kier molecular flexibility index (Phi) is 8.67. The molecule has 0 spiro atoms. The molecule has 1 N–H and O–H groups in total. The second-order valence-corrected chi connectivity index (χ2v) is 6.58. The third kappa shape index (κ3) is 7.19. The zero-order valence-corrected chi connectivity index (χ0v) is 16.1. The van der Waals surface area contributed by atoms with Gasteiger partial charge in [-0.05, 0) is 37.7 Å². The molecule has 1 saturated heterocycles. The highest BCUT2D eigenvalue weighted by Gasteiger charge is 2.21. The van der Waals surface area contributed by atoms with Gasteiger partial charge in [-0.2, -0.15) is 0 Å². The van der Waals surface area contributed by atoms with Crippen LogP contribution in [0.1, 0.15) is 13.3 Å². The van der Waals surface area contributed by atoms with E-state index in [2.05, 4.69) is 29.1 Å². The van der Waals surface area contributed by atoms with E-state index in [1.54, 1.807) is 19.2 Å². The van der Waals surface area contributed by atoms with Crippen molar-refractivity contribution >= 4 is 11.8 Å². The molecular formula is C19H31N3O4. The summed E-state index contributed by atoms with van der Waals surface area (Å²) in [4.78, 5) is 16.8. The van der Waals surface area contributed by atoms with Gasteiger partial charge in [-0.1, -0.05) is 6.92 Å². The quantitative estimate of drug-likeness (QED) is 0.724. The smallest absolute Gasteiger partial charge is 0.412 e. The number of ether oxygens (including phenoxy) is 3. The van der Waals surface area contributed by atoms with E-state index >= 15 is 0 Å². The van der Waals surface area contributed by atoms with Gasteiger partial charge in [0.25, 0.3) is 0 Å². The number of rotatable bonds is 9. The highest BCUT2D eigenvalue weighted by atomic mass is 16.6. The molecule has 0 unspecified atom stereocenters. The molecule has 1 atom stereocenters. The Morgan fingerprint density at radius 3 is 2.50 bits per heavy atom. The number of piperazine rings is 1. The monoisotopic (exact) mass is 365 g/mol. The fraction of sp³-hybridized carbons (Fsp3) is 0.632. The number of methoxy groups -OCH3 is 1.